The van der Waals surface area contributed by atoms with Gasteiger partial charge in [-0.2, -0.15) is 9.78 Å². The number of rotatable bonds is 6. The topological polar surface area (TPSA) is 72.7 Å². The lowest BCUT2D eigenvalue weighted by molar-refractivity contribution is 0.0932. The van der Waals surface area contributed by atoms with Gasteiger partial charge in [0.15, 0.2) is 17.2 Å². The van der Waals surface area contributed by atoms with Crippen molar-refractivity contribution in [2.75, 3.05) is 0 Å². The molecule has 0 aliphatic rings. The zero-order valence-corrected chi connectivity index (χ0v) is 17.5. The Kier molecular flexibility index (Phi) is 5.40. The molecule has 0 aromatic carbocycles. The maximum absolute atomic E-state index is 13.2. The third-order valence-corrected chi connectivity index (χ3v) is 5.54. The second-order valence-electron chi connectivity index (χ2n) is 7.49. The minimum absolute atomic E-state index is 0.0550. The van der Waals surface area contributed by atoms with Gasteiger partial charge in [0, 0.05) is 28.9 Å². The number of pyridine rings is 2. The molecule has 6 nitrogen and oxygen atoms in total. The van der Waals surface area contributed by atoms with Gasteiger partial charge in [0.2, 0.25) is 0 Å². The van der Waals surface area contributed by atoms with Crippen LogP contribution in [0, 0.1) is 5.92 Å². The van der Waals surface area contributed by atoms with Crippen molar-refractivity contribution in [3.63, 3.8) is 0 Å². The molecule has 0 aliphatic heterocycles. The predicted octanol–water partition coefficient (Wildman–Crippen LogP) is 4.71. The summed E-state index contributed by atoms with van der Waals surface area (Å²) in [6.45, 7) is 6.31. The zero-order valence-electron chi connectivity index (χ0n) is 16.7. The first-order valence-corrected chi connectivity index (χ1v) is 10.6. The van der Waals surface area contributed by atoms with Gasteiger partial charge >= 0.3 is 0 Å². The zero-order chi connectivity index (χ0) is 20.4. The van der Waals surface area contributed by atoms with Gasteiger partial charge in [-0.25, -0.2) is 9.97 Å². The van der Waals surface area contributed by atoms with E-state index < -0.39 is 0 Å². The van der Waals surface area contributed by atoms with Gasteiger partial charge in [-0.15, -0.1) is 11.3 Å². The van der Waals surface area contributed by atoms with Crippen molar-refractivity contribution in [2.24, 2.45) is 5.92 Å². The van der Waals surface area contributed by atoms with E-state index in [9.17, 15) is 4.79 Å². The van der Waals surface area contributed by atoms with Crippen LogP contribution in [0.5, 0.6) is 0 Å². The molecule has 148 valence electrons. The lowest BCUT2D eigenvalue weighted by Crippen LogP contribution is -2.34. The molecule has 1 unspecified atom stereocenters. The fraction of sp³-hybridized carbons (Fsp3) is 0.273. The Morgan fingerprint density at radius 1 is 1.10 bits per heavy atom. The van der Waals surface area contributed by atoms with E-state index in [0.29, 0.717) is 23.1 Å². The van der Waals surface area contributed by atoms with Crippen LogP contribution in [0.2, 0.25) is 0 Å². The molecule has 4 heterocycles. The van der Waals surface area contributed by atoms with Crippen LogP contribution in [0.4, 0.5) is 0 Å². The predicted molar refractivity (Wildman–Crippen MR) is 116 cm³/mol. The summed E-state index contributed by atoms with van der Waals surface area (Å²) in [5.41, 5.74) is 1.95. The second-order valence-corrected chi connectivity index (χ2v) is 8.43. The Hall–Kier alpha value is -3.06. The van der Waals surface area contributed by atoms with Crippen molar-refractivity contribution in [1.82, 2.24) is 25.1 Å². The van der Waals surface area contributed by atoms with E-state index >= 15 is 0 Å². The lowest BCUT2D eigenvalue weighted by atomic mass is 10.0. The largest absolute Gasteiger partial charge is 0.348 e. The van der Waals surface area contributed by atoms with E-state index in [1.165, 1.54) is 0 Å². The van der Waals surface area contributed by atoms with Crippen molar-refractivity contribution >= 4 is 28.3 Å². The number of aromatic nitrogens is 4. The summed E-state index contributed by atoms with van der Waals surface area (Å²) in [4.78, 5) is 23.2. The highest BCUT2D eigenvalue weighted by atomic mass is 32.1. The molecule has 1 amide bonds. The van der Waals surface area contributed by atoms with E-state index in [0.717, 1.165) is 22.2 Å². The summed E-state index contributed by atoms with van der Waals surface area (Å²) in [7, 11) is 0. The van der Waals surface area contributed by atoms with Crippen LogP contribution in [-0.4, -0.2) is 31.7 Å². The number of carbonyl (C=O) groups excluding carboxylic acids is 1. The number of thiophene rings is 1. The molecule has 4 rings (SSSR count). The molecule has 1 N–H and O–H groups in total. The molecule has 4 aromatic rings. The maximum Gasteiger partial charge on any atom is 0.272 e. The Labute approximate surface area is 173 Å². The van der Waals surface area contributed by atoms with Crippen LogP contribution in [0.25, 0.3) is 27.3 Å². The molecule has 1 atom stereocenters. The van der Waals surface area contributed by atoms with Gasteiger partial charge in [0.25, 0.3) is 5.91 Å². The molecular formula is C22H23N5OS. The number of hydrogen-bond donors (Lipinski definition) is 1. The molecule has 7 heteroatoms. The first-order chi connectivity index (χ1) is 14.0. The van der Waals surface area contributed by atoms with Crippen molar-refractivity contribution in [2.45, 2.75) is 33.2 Å². The Bertz CT molecular complexity index is 1120. The van der Waals surface area contributed by atoms with Crippen LogP contribution in [0.15, 0.2) is 54.2 Å². The molecule has 0 fully saturated rings. The third kappa shape index (κ3) is 3.91. The maximum atomic E-state index is 13.2. The van der Waals surface area contributed by atoms with Gasteiger partial charge in [-0.1, -0.05) is 26.0 Å². The number of nitrogens with one attached hydrogen (secondary N) is 1. The van der Waals surface area contributed by atoms with Gasteiger partial charge in [0.1, 0.15) is 0 Å². The van der Waals surface area contributed by atoms with Crippen molar-refractivity contribution in [3.05, 3.63) is 59.9 Å². The monoisotopic (exact) mass is 405 g/mol. The molecule has 0 bridgehead atoms. The highest BCUT2D eigenvalue weighted by Gasteiger charge is 2.24. The summed E-state index contributed by atoms with van der Waals surface area (Å²) in [5.74, 6) is 0.933. The third-order valence-electron chi connectivity index (χ3n) is 4.64. The summed E-state index contributed by atoms with van der Waals surface area (Å²) in [5, 5.41) is 10.5. The average molecular weight is 406 g/mol. The minimum Gasteiger partial charge on any atom is -0.348 e. The second kappa shape index (κ2) is 8.13. The molecule has 29 heavy (non-hydrogen) atoms. The van der Waals surface area contributed by atoms with Crippen molar-refractivity contribution in [1.29, 1.82) is 0 Å². The van der Waals surface area contributed by atoms with E-state index in [1.807, 2.05) is 48.7 Å². The minimum atomic E-state index is -0.191. The summed E-state index contributed by atoms with van der Waals surface area (Å²) in [6.07, 6.45) is 4.36. The average Bonchev–Trinajstić information content (AvgIpc) is 3.36. The van der Waals surface area contributed by atoms with E-state index in [1.54, 1.807) is 28.4 Å². The smallest absolute Gasteiger partial charge is 0.272 e. The Morgan fingerprint density at radius 2 is 1.97 bits per heavy atom. The summed E-state index contributed by atoms with van der Waals surface area (Å²) >= 11 is 1.63. The number of nitrogens with zero attached hydrogens (tertiary/aromatic N) is 4. The van der Waals surface area contributed by atoms with Crippen LogP contribution in [-0.2, 0) is 0 Å². The van der Waals surface area contributed by atoms with Crippen LogP contribution < -0.4 is 5.32 Å². The van der Waals surface area contributed by atoms with Gasteiger partial charge in [-0.3, -0.25) is 4.79 Å². The lowest BCUT2D eigenvalue weighted by Gasteiger charge is -2.15. The summed E-state index contributed by atoms with van der Waals surface area (Å²) < 4.78 is 1.65. The fourth-order valence-electron chi connectivity index (χ4n) is 3.54. The highest BCUT2D eigenvalue weighted by Crippen LogP contribution is 2.33. The van der Waals surface area contributed by atoms with Crippen LogP contribution in [0.3, 0.4) is 0 Å². The SMILES string of the molecule is CC(C)CC(C)NC(=O)c1nn(-c2ccccn2)c2nccc(-c3cccs3)c12. The van der Waals surface area contributed by atoms with E-state index in [2.05, 4.69) is 34.2 Å². The molecule has 0 saturated carbocycles. The van der Waals surface area contributed by atoms with Gasteiger partial charge in [-0.05, 0) is 48.9 Å². The molecule has 0 aliphatic carbocycles. The van der Waals surface area contributed by atoms with Crippen molar-refractivity contribution in [3.8, 4) is 16.3 Å². The normalized spacial score (nSPS) is 12.4. The molecule has 0 saturated heterocycles. The molecule has 0 radical (unpaired) electrons. The Morgan fingerprint density at radius 3 is 2.66 bits per heavy atom. The molecule has 4 aromatic heterocycles. The van der Waals surface area contributed by atoms with Crippen LogP contribution in [0.1, 0.15) is 37.7 Å². The Balaban J connectivity index is 1.87. The van der Waals surface area contributed by atoms with Gasteiger partial charge in [0.05, 0.1) is 5.39 Å². The van der Waals surface area contributed by atoms with Gasteiger partial charge < -0.3 is 5.32 Å². The van der Waals surface area contributed by atoms with E-state index in [-0.39, 0.29) is 11.9 Å². The molecular weight excluding hydrogens is 382 g/mol. The number of carbonyl (C=O) groups is 1. The fourth-order valence-corrected chi connectivity index (χ4v) is 4.29. The van der Waals surface area contributed by atoms with E-state index in [4.69, 9.17) is 0 Å². The number of amides is 1. The quantitative estimate of drug-likeness (QED) is 0.504. The number of hydrogen-bond acceptors (Lipinski definition) is 5. The first-order valence-electron chi connectivity index (χ1n) is 9.68. The van der Waals surface area contributed by atoms with Crippen LogP contribution >= 0.6 is 11.3 Å². The number of fused-ring (bicyclic) bond motifs is 1. The summed E-state index contributed by atoms with van der Waals surface area (Å²) in [6, 6.07) is 11.6. The standard InChI is InChI=1S/C22H23N5OS/c1-14(2)13-15(3)25-22(28)20-19-16(17-7-6-12-29-17)9-11-24-21(19)27(26-20)18-8-4-5-10-23-18/h4-12,14-15H,13H2,1-3H3,(H,25,28). The highest BCUT2D eigenvalue weighted by molar-refractivity contribution is 7.13. The molecule has 0 spiro atoms. The first kappa shape index (κ1) is 19.3. The van der Waals surface area contributed by atoms with Crippen molar-refractivity contribution < 1.29 is 4.79 Å².